The van der Waals surface area contributed by atoms with Crippen LogP contribution in [0, 0.1) is 28.1 Å². The van der Waals surface area contributed by atoms with Gasteiger partial charge in [-0.2, -0.15) is 10.5 Å². The molecular formula is C6H6N4. The molecule has 50 valence electrons. The number of nitrogens with one attached hydrogen (secondary N) is 2. The highest BCUT2D eigenvalue weighted by atomic mass is 14.8. The van der Waals surface area contributed by atoms with Gasteiger partial charge in [-0.15, -0.1) is 0 Å². The topological polar surface area (TPSA) is 83.5 Å². The maximum atomic E-state index is 8.28. The van der Waals surface area contributed by atoms with Gasteiger partial charge in [-0.1, -0.05) is 0 Å². The Balaban J connectivity index is 4.33. The average Bonchev–Trinajstić information content (AvgIpc) is 1.99. The Hall–Kier alpha value is -1.81. The third-order valence-electron chi connectivity index (χ3n) is 0.799. The molecule has 0 spiro atoms. The standard InChI is InChI=1S/C6H6N4/c1-10-6(4-8)2-5(9)3-7/h2,9-10H,1H3/b6-2-,9-5?. The van der Waals surface area contributed by atoms with E-state index in [4.69, 9.17) is 15.9 Å². The van der Waals surface area contributed by atoms with Gasteiger partial charge < -0.3 is 5.32 Å². The normalized spacial score (nSPS) is 9.30. The average molecular weight is 134 g/mol. The van der Waals surface area contributed by atoms with Crippen LogP contribution in [-0.2, 0) is 0 Å². The molecule has 0 aromatic rings. The van der Waals surface area contributed by atoms with Crippen molar-refractivity contribution in [1.82, 2.24) is 5.32 Å². The van der Waals surface area contributed by atoms with Gasteiger partial charge in [-0.25, -0.2) is 0 Å². The van der Waals surface area contributed by atoms with E-state index in [1.54, 1.807) is 19.2 Å². The third-order valence-corrected chi connectivity index (χ3v) is 0.799. The fourth-order valence-corrected chi connectivity index (χ4v) is 0.337. The van der Waals surface area contributed by atoms with Crippen LogP contribution < -0.4 is 5.32 Å². The first-order chi connectivity index (χ1) is 4.74. The van der Waals surface area contributed by atoms with Crippen LogP contribution in [0.4, 0.5) is 0 Å². The quantitative estimate of drug-likeness (QED) is 0.416. The summed E-state index contributed by atoms with van der Waals surface area (Å²) in [6.07, 6.45) is 1.17. The van der Waals surface area contributed by atoms with Crippen molar-refractivity contribution in [2.45, 2.75) is 0 Å². The predicted octanol–water partition coefficient (Wildman–Crippen LogP) is 0.157. The smallest absolute Gasteiger partial charge is 0.134 e. The molecule has 10 heavy (non-hydrogen) atoms. The molecule has 0 unspecified atom stereocenters. The Bertz CT molecular complexity index is 237. The van der Waals surface area contributed by atoms with Crippen molar-refractivity contribution in [3.8, 4) is 12.1 Å². The fourth-order valence-electron chi connectivity index (χ4n) is 0.337. The van der Waals surface area contributed by atoms with Crippen LogP contribution in [-0.4, -0.2) is 12.8 Å². The van der Waals surface area contributed by atoms with Crippen molar-refractivity contribution >= 4 is 5.71 Å². The Labute approximate surface area is 58.9 Å². The molecule has 0 saturated heterocycles. The van der Waals surface area contributed by atoms with Gasteiger partial charge in [0.15, 0.2) is 0 Å². The second-order valence-electron chi connectivity index (χ2n) is 1.45. The minimum Gasteiger partial charge on any atom is -0.380 e. The third kappa shape index (κ3) is 2.49. The zero-order valence-electron chi connectivity index (χ0n) is 5.47. The van der Waals surface area contributed by atoms with E-state index < -0.39 is 0 Å². The lowest BCUT2D eigenvalue weighted by atomic mass is 10.3. The molecule has 0 fully saturated rings. The lowest BCUT2D eigenvalue weighted by Crippen LogP contribution is -2.05. The van der Waals surface area contributed by atoms with Crippen molar-refractivity contribution in [3.63, 3.8) is 0 Å². The van der Waals surface area contributed by atoms with Gasteiger partial charge in [-0.05, 0) is 0 Å². The Morgan fingerprint density at radius 1 is 1.50 bits per heavy atom. The largest absolute Gasteiger partial charge is 0.380 e. The summed E-state index contributed by atoms with van der Waals surface area (Å²) in [5.41, 5.74) is -0.0162. The van der Waals surface area contributed by atoms with Crippen LogP contribution >= 0.6 is 0 Å². The van der Waals surface area contributed by atoms with E-state index in [1.807, 2.05) is 0 Å². The van der Waals surface area contributed by atoms with Gasteiger partial charge in [0, 0.05) is 13.1 Å². The minimum atomic E-state index is -0.231. The first kappa shape index (κ1) is 8.19. The first-order valence-electron chi connectivity index (χ1n) is 2.52. The Morgan fingerprint density at radius 3 is 2.40 bits per heavy atom. The highest BCUT2D eigenvalue weighted by Crippen LogP contribution is 1.84. The summed E-state index contributed by atoms with van der Waals surface area (Å²) in [5.74, 6) is 0. The number of rotatable bonds is 2. The summed E-state index contributed by atoms with van der Waals surface area (Å²) < 4.78 is 0. The van der Waals surface area contributed by atoms with Gasteiger partial charge in [-0.3, -0.25) is 5.41 Å². The molecule has 4 nitrogen and oxygen atoms in total. The summed E-state index contributed by atoms with van der Waals surface area (Å²) in [6, 6.07) is 3.35. The lowest BCUT2D eigenvalue weighted by molar-refractivity contribution is 1.04. The number of nitriles is 2. The lowest BCUT2D eigenvalue weighted by Gasteiger charge is -1.90. The molecule has 0 amide bonds. The van der Waals surface area contributed by atoms with Gasteiger partial charge in [0.1, 0.15) is 23.5 Å². The molecule has 0 radical (unpaired) electrons. The highest BCUT2D eigenvalue weighted by molar-refractivity contribution is 6.05. The number of hydrogen-bond acceptors (Lipinski definition) is 4. The van der Waals surface area contributed by atoms with Crippen LogP contribution in [0.3, 0.4) is 0 Å². The van der Waals surface area contributed by atoms with Crippen molar-refractivity contribution < 1.29 is 0 Å². The predicted molar refractivity (Wildman–Crippen MR) is 36.1 cm³/mol. The molecule has 0 heterocycles. The van der Waals surface area contributed by atoms with Crippen LogP contribution in [0.5, 0.6) is 0 Å². The van der Waals surface area contributed by atoms with Gasteiger partial charge in [0.2, 0.25) is 0 Å². The van der Waals surface area contributed by atoms with Crippen LogP contribution in [0.15, 0.2) is 11.8 Å². The SMILES string of the molecule is CN/C(C#N)=C\C(=N)C#N. The van der Waals surface area contributed by atoms with Crippen LogP contribution in [0.1, 0.15) is 0 Å². The Kier molecular flexibility index (Phi) is 3.36. The first-order valence-corrected chi connectivity index (χ1v) is 2.52. The molecule has 0 bridgehead atoms. The molecule has 2 N–H and O–H groups in total. The number of nitrogens with zero attached hydrogens (tertiary/aromatic N) is 2. The molecule has 0 saturated carbocycles. The zero-order chi connectivity index (χ0) is 7.98. The molecule has 0 aromatic carbocycles. The maximum Gasteiger partial charge on any atom is 0.134 e. The van der Waals surface area contributed by atoms with Crippen molar-refractivity contribution in [3.05, 3.63) is 11.8 Å². The second kappa shape index (κ2) is 4.11. The minimum absolute atomic E-state index is 0.214. The van der Waals surface area contributed by atoms with Crippen LogP contribution in [0.2, 0.25) is 0 Å². The van der Waals surface area contributed by atoms with Crippen molar-refractivity contribution in [1.29, 1.82) is 15.9 Å². The summed E-state index contributed by atoms with van der Waals surface area (Å²) in [7, 11) is 1.56. The van der Waals surface area contributed by atoms with E-state index in [9.17, 15) is 0 Å². The number of allylic oxidation sites excluding steroid dienone is 2. The molecule has 4 heteroatoms. The molecule has 0 aromatic heterocycles. The molecule has 0 aliphatic carbocycles. The van der Waals surface area contributed by atoms with Gasteiger partial charge in [0.05, 0.1) is 0 Å². The summed E-state index contributed by atoms with van der Waals surface area (Å²) in [5, 5.41) is 25.8. The van der Waals surface area contributed by atoms with E-state index in [2.05, 4.69) is 5.32 Å². The van der Waals surface area contributed by atoms with E-state index in [0.29, 0.717) is 0 Å². The van der Waals surface area contributed by atoms with Crippen LogP contribution in [0.25, 0.3) is 0 Å². The highest BCUT2D eigenvalue weighted by Gasteiger charge is 1.91. The number of hydrogen-bond donors (Lipinski definition) is 2. The summed E-state index contributed by atoms with van der Waals surface area (Å²) in [6.45, 7) is 0. The van der Waals surface area contributed by atoms with E-state index in [0.717, 1.165) is 0 Å². The molecule has 0 rings (SSSR count). The van der Waals surface area contributed by atoms with Crippen molar-refractivity contribution in [2.24, 2.45) is 0 Å². The molecular weight excluding hydrogens is 128 g/mol. The molecule has 0 atom stereocenters. The summed E-state index contributed by atoms with van der Waals surface area (Å²) in [4.78, 5) is 0. The van der Waals surface area contributed by atoms with Gasteiger partial charge in [0.25, 0.3) is 0 Å². The maximum absolute atomic E-state index is 8.28. The summed E-state index contributed by atoms with van der Waals surface area (Å²) >= 11 is 0. The zero-order valence-corrected chi connectivity index (χ0v) is 5.47. The van der Waals surface area contributed by atoms with E-state index >= 15 is 0 Å². The molecule has 0 aliphatic heterocycles. The second-order valence-corrected chi connectivity index (χ2v) is 1.45. The molecule has 0 aliphatic rings. The van der Waals surface area contributed by atoms with Crippen molar-refractivity contribution in [2.75, 3.05) is 7.05 Å². The Morgan fingerprint density at radius 2 is 2.10 bits per heavy atom. The monoisotopic (exact) mass is 134 g/mol. The van der Waals surface area contributed by atoms with E-state index in [1.165, 1.54) is 6.08 Å². The van der Waals surface area contributed by atoms with Gasteiger partial charge >= 0.3 is 0 Å². The van der Waals surface area contributed by atoms with E-state index in [-0.39, 0.29) is 11.4 Å². The fraction of sp³-hybridized carbons (Fsp3) is 0.167.